The minimum absolute atomic E-state index is 0.00103. The molecule has 26 heavy (non-hydrogen) atoms. The number of carbonyl (C=O) groups excluding carboxylic acids is 2. The van der Waals surface area contributed by atoms with Crippen molar-refractivity contribution in [1.82, 2.24) is 0 Å². The summed E-state index contributed by atoms with van der Waals surface area (Å²) in [6, 6.07) is 12.7. The van der Waals surface area contributed by atoms with E-state index in [4.69, 9.17) is 28.9 Å². The number of rotatable bonds is 4. The lowest BCUT2D eigenvalue weighted by atomic mass is 9.85. The molecule has 6 heteroatoms. The van der Waals surface area contributed by atoms with Crippen LogP contribution in [0.4, 0.5) is 5.69 Å². The third-order valence-corrected chi connectivity index (χ3v) is 5.41. The highest BCUT2D eigenvalue weighted by Crippen LogP contribution is 2.38. The van der Waals surface area contributed by atoms with E-state index in [1.165, 1.54) is 0 Å². The van der Waals surface area contributed by atoms with Crippen LogP contribution >= 0.6 is 23.2 Å². The second-order valence-corrected chi connectivity index (χ2v) is 7.44. The van der Waals surface area contributed by atoms with Gasteiger partial charge in [0.05, 0.1) is 5.92 Å². The Morgan fingerprint density at radius 2 is 1.92 bits per heavy atom. The fraction of sp³-hybridized carbons (Fsp3) is 0.300. The average Bonchev–Trinajstić information content (AvgIpc) is 2.60. The van der Waals surface area contributed by atoms with E-state index in [1.807, 2.05) is 37.3 Å². The Bertz CT molecular complexity index is 853. The molecule has 0 aliphatic carbocycles. The maximum absolute atomic E-state index is 12.9. The van der Waals surface area contributed by atoms with Gasteiger partial charge in [-0.15, -0.1) is 0 Å². The highest BCUT2D eigenvalue weighted by Gasteiger charge is 2.35. The molecule has 0 radical (unpaired) electrons. The summed E-state index contributed by atoms with van der Waals surface area (Å²) in [6.07, 6.45) is 1.38. The van der Waals surface area contributed by atoms with E-state index >= 15 is 0 Å². The summed E-state index contributed by atoms with van der Waals surface area (Å²) in [6.45, 7) is 1.94. The van der Waals surface area contributed by atoms with Gasteiger partial charge in [0.2, 0.25) is 11.8 Å². The van der Waals surface area contributed by atoms with Gasteiger partial charge < -0.3 is 10.6 Å². The van der Waals surface area contributed by atoms with Crippen molar-refractivity contribution in [2.45, 2.75) is 38.1 Å². The molecule has 2 amide bonds. The molecule has 0 unspecified atom stereocenters. The Morgan fingerprint density at radius 1 is 1.19 bits per heavy atom. The lowest BCUT2D eigenvalue weighted by Crippen LogP contribution is -2.45. The van der Waals surface area contributed by atoms with Crippen LogP contribution in [0, 0.1) is 0 Å². The Hall–Kier alpha value is -2.04. The molecule has 0 fully saturated rings. The van der Waals surface area contributed by atoms with E-state index < -0.39 is 0 Å². The van der Waals surface area contributed by atoms with Gasteiger partial charge in [0, 0.05) is 28.2 Å². The number of primary amides is 1. The molecule has 2 aromatic rings. The molecule has 1 aliphatic heterocycles. The maximum atomic E-state index is 12.9. The van der Waals surface area contributed by atoms with E-state index in [-0.39, 0.29) is 23.8 Å². The lowest BCUT2D eigenvalue weighted by molar-refractivity contribution is -0.121. The van der Waals surface area contributed by atoms with Crippen LogP contribution in [0.25, 0.3) is 0 Å². The Morgan fingerprint density at radius 3 is 2.62 bits per heavy atom. The second kappa shape index (κ2) is 7.68. The molecule has 1 aliphatic rings. The number of amides is 2. The number of fused-ring (bicyclic) bond motifs is 1. The van der Waals surface area contributed by atoms with Gasteiger partial charge in [0.25, 0.3) is 0 Å². The number of benzene rings is 2. The fourth-order valence-corrected chi connectivity index (χ4v) is 4.05. The molecular formula is C20H20Cl2N2O2. The summed E-state index contributed by atoms with van der Waals surface area (Å²) >= 11 is 12.1. The normalized spacial score (nSPS) is 19.1. The third kappa shape index (κ3) is 3.71. The molecule has 3 rings (SSSR count). The lowest BCUT2D eigenvalue weighted by Gasteiger charge is -2.38. The zero-order valence-corrected chi connectivity index (χ0v) is 15.9. The minimum Gasteiger partial charge on any atom is -0.369 e. The van der Waals surface area contributed by atoms with Crippen LogP contribution in [0.5, 0.6) is 0 Å². The summed E-state index contributed by atoms with van der Waals surface area (Å²) in [5.41, 5.74) is 8.03. The monoisotopic (exact) mass is 390 g/mol. The predicted molar refractivity (Wildman–Crippen MR) is 105 cm³/mol. The Balaban J connectivity index is 1.82. The van der Waals surface area contributed by atoms with Crippen molar-refractivity contribution in [3.63, 3.8) is 0 Å². The van der Waals surface area contributed by atoms with E-state index in [0.29, 0.717) is 29.3 Å². The largest absolute Gasteiger partial charge is 0.369 e. The second-order valence-electron chi connectivity index (χ2n) is 6.60. The predicted octanol–water partition coefficient (Wildman–Crippen LogP) is 4.32. The molecule has 0 spiro atoms. The van der Waals surface area contributed by atoms with E-state index in [0.717, 1.165) is 16.8 Å². The first-order valence-electron chi connectivity index (χ1n) is 8.52. The number of carbonyl (C=O) groups is 2. The third-order valence-electron chi connectivity index (χ3n) is 4.82. The van der Waals surface area contributed by atoms with Crippen LogP contribution in [0.15, 0.2) is 42.5 Å². The van der Waals surface area contributed by atoms with Crippen molar-refractivity contribution < 1.29 is 9.59 Å². The standard InChI is InChI=1S/C20H20Cl2N2O2/c1-12-10-16(20(23)26)15-4-2-3-5-18(15)24(12)19(25)9-7-13-6-8-14(21)11-17(13)22/h2-6,8,11-12,16H,7,9-10H2,1H3,(H2,23,26)/t12-,16+/m0/s1. The summed E-state index contributed by atoms with van der Waals surface area (Å²) < 4.78 is 0. The smallest absolute Gasteiger partial charge is 0.227 e. The van der Waals surface area contributed by atoms with Gasteiger partial charge in [0.1, 0.15) is 0 Å². The van der Waals surface area contributed by atoms with Gasteiger partial charge in [-0.05, 0) is 49.1 Å². The van der Waals surface area contributed by atoms with Crippen molar-refractivity contribution in [2.75, 3.05) is 4.90 Å². The van der Waals surface area contributed by atoms with E-state index in [2.05, 4.69) is 0 Å². The number of halogens is 2. The molecule has 0 saturated carbocycles. The summed E-state index contributed by atoms with van der Waals surface area (Å²) in [4.78, 5) is 26.5. The molecule has 2 N–H and O–H groups in total. The number of nitrogens with two attached hydrogens (primary N) is 1. The molecule has 0 saturated heterocycles. The van der Waals surface area contributed by atoms with Gasteiger partial charge in [-0.3, -0.25) is 9.59 Å². The number of anilines is 1. The van der Waals surface area contributed by atoms with Crippen LogP contribution in [-0.2, 0) is 16.0 Å². The fourth-order valence-electron chi connectivity index (χ4n) is 3.55. The van der Waals surface area contributed by atoms with Gasteiger partial charge >= 0.3 is 0 Å². The van der Waals surface area contributed by atoms with E-state index in [9.17, 15) is 9.59 Å². The zero-order chi connectivity index (χ0) is 18.8. The molecular weight excluding hydrogens is 371 g/mol. The molecule has 1 heterocycles. The van der Waals surface area contributed by atoms with Crippen molar-refractivity contribution in [3.05, 3.63) is 63.6 Å². The van der Waals surface area contributed by atoms with Crippen LogP contribution < -0.4 is 10.6 Å². The molecule has 2 aromatic carbocycles. The molecule has 0 aromatic heterocycles. The first-order valence-corrected chi connectivity index (χ1v) is 9.28. The van der Waals surface area contributed by atoms with Gasteiger partial charge in [-0.2, -0.15) is 0 Å². The topological polar surface area (TPSA) is 63.4 Å². The summed E-state index contributed by atoms with van der Waals surface area (Å²) in [5, 5.41) is 1.13. The highest BCUT2D eigenvalue weighted by atomic mass is 35.5. The van der Waals surface area contributed by atoms with Crippen LogP contribution in [-0.4, -0.2) is 17.9 Å². The summed E-state index contributed by atoms with van der Waals surface area (Å²) in [5.74, 6) is -0.723. The molecule has 2 atom stereocenters. The number of para-hydroxylation sites is 1. The van der Waals surface area contributed by atoms with Gasteiger partial charge in [0.15, 0.2) is 0 Å². The Labute approximate surface area is 162 Å². The number of hydrogen-bond acceptors (Lipinski definition) is 2. The first kappa shape index (κ1) is 18.7. The molecule has 4 nitrogen and oxygen atoms in total. The minimum atomic E-state index is -0.365. The SMILES string of the molecule is C[C@H]1C[C@@H](C(N)=O)c2ccccc2N1C(=O)CCc1ccc(Cl)cc1Cl. The molecule has 0 bridgehead atoms. The van der Waals surface area contributed by atoms with Crippen LogP contribution in [0.3, 0.4) is 0 Å². The van der Waals surface area contributed by atoms with E-state index in [1.54, 1.807) is 17.0 Å². The Kier molecular flexibility index (Phi) is 5.54. The van der Waals surface area contributed by atoms with Crippen LogP contribution in [0.2, 0.25) is 10.0 Å². The van der Waals surface area contributed by atoms with Crippen molar-refractivity contribution in [2.24, 2.45) is 5.73 Å². The number of nitrogens with zero attached hydrogens (tertiary/aromatic N) is 1. The maximum Gasteiger partial charge on any atom is 0.227 e. The number of aryl methyl sites for hydroxylation is 1. The van der Waals surface area contributed by atoms with Crippen LogP contribution in [0.1, 0.15) is 36.8 Å². The summed E-state index contributed by atoms with van der Waals surface area (Å²) in [7, 11) is 0. The van der Waals surface area contributed by atoms with Crippen molar-refractivity contribution in [1.29, 1.82) is 0 Å². The van der Waals surface area contributed by atoms with Crippen molar-refractivity contribution >= 4 is 40.7 Å². The highest BCUT2D eigenvalue weighted by molar-refractivity contribution is 6.35. The average molecular weight is 391 g/mol. The zero-order valence-electron chi connectivity index (χ0n) is 14.4. The molecule has 136 valence electrons. The number of hydrogen-bond donors (Lipinski definition) is 1. The van der Waals surface area contributed by atoms with Gasteiger partial charge in [-0.25, -0.2) is 0 Å². The first-order chi connectivity index (χ1) is 12.4. The van der Waals surface area contributed by atoms with Gasteiger partial charge in [-0.1, -0.05) is 47.5 Å². The van der Waals surface area contributed by atoms with Crippen molar-refractivity contribution in [3.8, 4) is 0 Å². The quantitative estimate of drug-likeness (QED) is 0.844.